The van der Waals surface area contributed by atoms with Gasteiger partial charge in [0.05, 0.1) is 0 Å². The minimum Gasteiger partial charge on any atom is -0.303 e. The molecule has 0 spiro atoms. The van der Waals surface area contributed by atoms with E-state index >= 15 is 0 Å². The van der Waals surface area contributed by atoms with Crippen LogP contribution in [0.1, 0.15) is 46.1 Å². The van der Waals surface area contributed by atoms with Crippen molar-refractivity contribution in [2.24, 2.45) is 0 Å². The molecule has 0 saturated heterocycles. The monoisotopic (exact) mass is 447 g/mol. The van der Waals surface area contributed by atoms with E-state index in [1.807, 2.05) is 0 Å². The lowest BCUT2D eigenvalue weighted by atomic mass is 9.93. The van der Waals surface area contributed by atoms with E-state index in [1.54, 1.807) is 0 Å². The Bertz CT molecular complexity index is 889. The molecule has 0 atom stereocenters. The summed E-state index contributed by atoms with van der Waals surface area (Å²) in [5.74, 6) is 0. The predicted octanol–water partition coefficient (Wildman–Crippen LogP) is 6.30. The topological polar surface area (TPSA) is 9.72 Å². The van der Waals surface area contributed by atoms with Gasteiger partial charge in [0.2, 0.25) is 0 Å². The molecule has 3 aromatic carbocycles. The molecule has 3 nitrogen and oxygen atoms in total. The maximum Gasteiger partial charge on any atom is 0.0110 e. The van der Waals surface area contributed by atoms with Crippen LogP contribution in [0.25, 0.3) is 21.5 Å². The molecule has 0 fully saturated rings. The van der Waals surface area contributed by atoms with Gasteiger partial charge in [-0.1, -0.05) is 76.2 Å². The van der Waals surface area contributed by atoms with Crippen molar-refractivity contribution in [1.82, 2.24) is 14.7 Å². The highest BCUT2D eigenvalue weighted by molar-refractivity contribution is 6.02. The fourth-order valence-electron chi connectivity index (χ4n) is 5.00. The SMILES string of the molecule is CCN(CC)CCN(CCCCc1c2ccccc2cc2ccccc12)CCN(CC)CC. The molecular formula is C30H45N3. The second kappa shape index (κ2) is 13.7. The Morgan fingerprint density at radius 1 is 0.515 bits per heavy atom. The minimum atomic E-state index is 1.15. The third kappa shape index (κ3) is 7.27. The quantitative estimate of drug-likeness (QED) is 0.200. The van der Waals surface area contributed by atoms with E-state index in [1.165, 1.54) is 72.7 Å². The number of fused-ring (bicyclic) bond motifs is 2. The van der Waals surface area contributed by atoms with Gasteiger partial charge in [0.25, 0.3) is 0 Å². The number of hydrogen-bond donors (Lipinski definition) is 0. The minimum absolute atomic E-state index is 1.15. The van der Waals surface area contributed by atoms with Crippen LogP contribution < -0.4 is 0 Å². The van der Waals surface area contributed by atoms with E-state index in [9.17, 15) is 0 Å². The molecule has 0 aromatic heterocycles. The number of hydrogen-bond acceptors (Lipinski definition) is 3. The summed E-state index contributed by atoms with van der Waals surface area (Å²) in [4.78, 5) is 7.80. The summed E-state index contributed by atoms with van der Waals surface area (Å²) in [7, 11) is 0. The standard InChI is InChI=1S/C30H45N3/c1-5-31(6-2)21-23-33(24-22-32(7-3)8-4)20-14-13-19-30-28-17-11-9-15-26(28)25-27-16-10-12-18-29(27)30/h9-12,15-18,25H,5-8,13-14,19-24H2,1-4H3. The van der Waals surface area contributed by atoms with E-state index in [0.717, 1.165) is 32.6 Å². The van der Waals surface area contributed by atoms with Crippen molar-refractivity contribution in [2.75, 3.05) is 58.9 Å². The maximum absolute atomic E-state index is 2.71. The fourth-order valence-corrected chi connectivity index (χ4v) is 5.00. The first kappa shape index (κ1) is 25.7. The Hall–Kier alpha value is -1.94. The van der Waals surface area contributed by atoms with Crippen molar-refractivity contribution < 1.29 is 0 Å². The van der Waals surface area contributed by atoms with Gasteiger partial charge in [-0.05, 0) is 85.2 Å². The summed E-state index contributed by atoms with van der Waals surface area (Å²) >= 11 is 0. The number of aryl methyl sites for hydroxylation is 1. The number of nitrogens with zero attached hydrogens (tertiary/aromatic N) is 3. The third-order valence-electron chi connectivity index (χ3n) is 7.29. The van der Waals surface area contributed by atoms with Crippen LogP contribution in [0, 0.1) is 0 Å². The molecule has 0 N–H and O–H groups in total. The number of likely N-dealkylation sites (N-methyl/N-ethyl adjacent to an activating group) is 2. The highest BCUT2D eigenvalue weighted by Crippen LogP contribution is 2.29. The lowest BCUT2D eigenvalue weighted by molar-refractivity contribution is 0.183. The molecule has 0 aliphatic heterocycles. The molecule has 3 rings (SSSR count). The highest BCUT2D eigenvalue weighted by Gasteiger charge is 2.11. The molecule has 0 bridgehead atoms. The Balaban J connectivity index is 1.63. The van der Waals surface area contributed by atoms with Gasteiger partial charge in [-0.25, -0.2) is 0 Å². The van der Waals surface area contributed by atoms with Crippen LogP contribution in [0.2, 0.25) is 0 Å². The molecule has 3 heteroatoms. The first-order valence-electron chi connectivity index (χ1n) is 13.3. The third-order valence-corrected chi connectivity index (χ3v) is 7.29. The zero-order valence-corrected chi connectivity index (χ0v) is 21.5. The van der Waals surface area contributed by atoms with Crippen molar-refractivity contribution in [1.29, 1.82) is 0 Å². The molecule has 0 aliphatic carbocycles. The van der Waals surface area contributed by atoms with E-state index in [2.05, 4.69) is 97.0 Å². The zero-order chi connectivity index (χ0) is 23.5. The van der Waals surface area contributed by atoms with Gasteiger partial charge in [0, 0.05) is 26.2 Å². The molecule has 0 saturated carbocycles. The van der Waals surface area contributed by atoms with Crippen LogP contribution in [-0.4, -0.2) is 73.6 Å². The molecule has 0 amide bonds. The Morgan fingerprint density at radius 3 is 1.45 bits per heavy atom. The highest BCUT2D eigenvalue weighted by atomic mass is 15.2. The molecule has 0 aliphatic rings. The normalized spacial score (nSPS) is 12.1. The van der Waals surface area contributed by atoms with Crippen molar-refractivity contribution in [2.45, 2.75) is 47.0 Å². The zero-order valence-electron chi connectivity index (χ0n) is 21.5. The van der Waals surface area contributed by atoms with E-state index in [4.69, 9.17) is 0 Å². The number of unbranched alkanes of at least 4 members (excludes halogenated alkanes) is 1. The molecule has 0 unspecified atom stereocenters. The predicted molar refractivity (Wildman–Crippen MR) is 146 cm³/mol. The molecule has 3 aromatic rings. The van der Waals surface area contributed by atoms with Gasteiger partial charge < -0.3 is 14.7 Å². The molecule has 33 heavy (non-hydrogen) atoms. The number of rotatable bonds is 15. The van der Waals surface area contributed by atoms with Crippen molar-refractivity contribution in [3.8, 4) is 0 Å². The van der Waals surface area contributed by atoms with Crippen LogP contribution in [0.5, 0.6) is 0 Å². The molecular weight excluding hydrogens is 402 g/mol. The van der Waals surface area contributed by atoms with E-state index in [-0.39, 0.29) is 0 Å². The molecule has 180 valence electrons. The van der Waals surface area contributed by atoms with Crippen molar-refractivity contribution in [3.63, 3.8) is 0 Å². The average Bonchev–Trinajstić information content (AvgIpc) is 2.86. The van der Waals surface area contributed by atoms with Crippen LogP contribution >= 0.6 is 0 Å². The number of benzene rings is 3. The summed E-state index contributed by atoms with van der Waals surface area (Å²) in [6.45, 7) is 19.6. The smallest absolute Gasteiger partial charge is 0.0110 e. The largest absolute Gasteiger partial charge is 0.303 e. The first-order chi connectivity index (χ1) is 16.2. The Labute approximate surface area is 202 Å². The molecule has 0 radical (unpaired) electrons. The van der Waals surface area contributed by atoms with Gasteiger partial charge >= 0.3 is 0 Å². The molecule has 0 heterocycles. The van der Waals surface area contributed by atoms with Gasteiger partial charge in [-0.3, -0.25) is 0 Å². The van der Waals surface area contributed by atoms with E-state index < -0.39 is 0 Å². The Morgan fingerprint density at radius 2 is 0.970 bits per heavy atom. The maximum atomic E-state index is 2.71. The van der Waals surface area contributed by atoms with Crippen LogP contribution in [-0.2, 0) is 6.42 Å². The summed E-state index contributed by atoms with van der Waals surface area (Å²) in [6, 6.07) is 20.1. The summed E-state index contributed by atoms with van der Waals surface area (Å²) in [5, 5.41) is 5.59. The fraction of sp³-hybridized carbons (Fsp3) is 0.533. The first-order valence-corrected chi connectivity index (χ1v) is 13.3. The van der Waals surface area contributed by atoms with Crippen LogP contribution in [0.3, 0.4) is 0 Å². The van der Waals surface area contributed by atoms with Crippen molar-refractivity contribution in [3.05, 3.63) is 60.2 Å². The second-order valence-electron chi connectivity index (χ2n) is 9.15. The summed E-state index contributed by atoms with van der Waals surface area (Å²) in [6.07, 6.45) is 3.65. The average molecular weight is 448 g/mol. The van der Waals surface area contributed by atoms with E-state index in [0.29, 0.717) is 0 Å². The summed E-state index contributed by atoms with van der Waals surface area (Å²) < 4.78 is 0. The van der Waals surface area contributed by atoms with Crippen LogP contribution in [0.15, 0.2) is 54.6 Å². The second-order valence-corrected chi connectivity index (χ2v) is 9.15. The van der Waals surface area contributed by atoms with Crippen LogP contribution in [0.4, 0.5) is 0 Å². The van der Waals surface area contributed by atoms with Gasteiger partial charge in [0.1, 0.15) is 0 Å². The van der Waals surface area contributed by atoms with Gasteiger partial charge in [0.15, 0.2) is 0 Å². The lowest BCUT2D eigenvalue weighted by Gasteiger charge is -2.28. The Kier molecular flexibility index (Phi) is 10.7. The van der Waals surface area contributed by atoms with Crippen molar-refractivity contribution >= 4 is 21.5 Å². The lowest BCUT2D eigenvalue weighted by Crippen LogP contribution is -2.40. The van der Waals surface area contributed by atoms with Gasteiger partial charge in [-0.2, -0.15) is 0 Å². The van der Waals surface area contributed by atoms with Gasteiger partial charge in [-0.15, -0.1) is 0 Å². The summed E-state index contributed by atoms with van der Waals surface area (Å²) in [5.41, 5.74) is 1.53.